The van der Waals surface area contributed by atoms with Gasteiger partial charge >= 0.3 is 0 Å². The zero-order valence-electron chi connectivity index (χ0n) is 14.2. The van der Waals surface area contributed by atoms with Gasteiger partial charge in [-0.25, -0.2) is 13.1 Å². The number of rotatable bonds is 6. The smallest absolute Gasteiger partial charge is 0.251 e. The fourth-order valence-corrected chi connectivity index (χ4v) is 3.80. The maximum atomic E-state index is 12.5. The Morgan fingerprint density at radius 2 is 1.96 bits per heavy atom. The summed E-state index contributed by atoms with van der Waals surface area (Å²) in [6, 6.07) is 10.2. The van der Waals surface area contributed by atoms with Gasteiger partial charge in [-0.1, -0.05) is 12.1 Å². The van der Waals surface area contributed by atoms with Crippen LogP contribution in [-0.4, -0.2) is 25.4 Å². The second-order valence-corrected chi connectivity index (χ2v) is 8.04. The minimum absolute atomic E-state index is 0.0241. The van der Waals surface area contributed by atoms with Crippen molar-refractivity contribution in [2.75, 3.05) is 0 Å². The Kier molecular flexibility index (Phi) is 4.87. The highest BCUT2D eigenvalue weighted by atomic mass is 32.2. The van der Waals surface area contributed by atoms with Gasteiger partial charge in [-0.2, -0.15) is 0 Å². The van der Waals surface area contributed by atoms with E-state index in [9.17, 15) is 13.2 Å². The third-order valence-electron chi connectivity index (χ3n) is 4.04. The van der Waals surface area contributed by atoms with Crippen molar-refractivity contribution in [3.63, 3.8) is 0 Å². The molecule has 0 aliphatic heterocycles. The lowest BCUT2D eigenvalue weighted by molar-refractivity contribution is 0.0949. The topological polar surface area (TPSA) is 88.2 Å². The second kappa shape index (κ2) is 6.93. The third-order valence-corrected chi connectivity index (χ3v) is 5.56. The van der Waals surface area contributed by atoms with Crippen molar-refractivity contribution in [2.45, 2.75) is 44.2 Å². The first-order valence-electron chi connectivity index (χ1n) is 8.19. The number of amides is 1. The fourth-order valence-electron chi connectivity index (χ4n) is 2.47. The molecule has 7 heteroatoms. The second-order valence-electron chi connectivity index (χ2n) is 6.33. The zero-order chi connectivity index (χ0) is 18.0. The van der Waals surface area contributed by atoms with Crippen LogP contribution in [0.5, 0.6) is 0 Å². The predicted octanol–water partition coefficient (Wildman–Crippen LogP) is 2.07. The highest BCUT2D eigenvalue weighted by molar-refractivity contribution is 7.89. The van der Waals surface area contributed by atoms with E-state index in [4.69, 9.17) is 0 Å². The van der Waals surface area contributed by atoms with Gasteiger partial charge in [-0.05, 0) is 56.5 Å². The van der Waals surface area contributed by atoms with Crippen LogP contribution in [0, 0.1) is 13.8 Å². The number of sulfonamides is 1. The molecule has 1 aromatic heterocycles. The number of carbonyl (C=O) groups is 1. The largest absolute Gasteiger partial charge is 0.346 e. The molecule has 3 rings (SSSR count). The summed E-state index contributed by atoms with van der Waals surface area (Å²) in [5, 5.41) is 2.80. The van der Waals surface area contributed by atoms with Crippen LogP contribution in [0.4, 0.5) is 0 Å². The van der Waals surface area contributed by atoms with Crippen molar-refractivity contribution in [1.82, 2.24) is 15.0 Å². The normalized spacial score (nSPS) is 14.3. The Morgan fingerprint density at radius 3 is 2.64 bits per heavy atom. The summed E-state index contributed by atoms with van der Waals surface area (Å²) >= 11 is 0. The van der Waals surface area contributed by atoms with Crippen LogP contribution in [0.3, 0.4) is 0 Å². The van der Waals surface area contributed by atoms with Crippen molar-refractivity contribution in [3.8, 4) is 0 Å². The van der Waals surface area contributed by atoms with Crippen LogP contribution in [0.2, 0.25) is 0 Å². The molecular weight excluding hydrogens is 338 g/mol. The summed E-state index contributed by atoms with van der Waals surface area (Å²) in [5.41, 5.74) is 2.71. The first-order chi connectivity index (χ1) is 11.8. The number of aromatic nitrogens is 1. The molecule has 1 aliphatic carbocycles. The van der Waals surface area contributed by atoms with Crippen LogP contribution in [0.15, 0.2) is 41.3 Å². The quantitative estimate of drug-likeness (QED) is 0.826. The van der Waals surface area contributed by atoms with Crippen molar-refractivity contribution in [1.29, 1.82) is 0 Å². The molecule has 1 saturated carbocycles. The van der Waals surface area contributed by atoms with E-state index in [1.165, 1.54) is 12.1 Å². The van der Waals surface area contributed by atoms with Crippen LogP contribution in [0.1, 0.15) is 40.2 Å². The Bertz CT molecular complexity index is 906. The summed E-state index contributed by atoms with van der Waals surface area (Å²) in [6.07, 6.45) is 1.73. The highest BCUT2D eigenvalue weighted by Crippen LogP contribution is 2.23. The van der Waals surface area contributed by atoms with Crippen molar-refractivity contribution >= 4 is 15.9 Å². The lowest BCUT2D eigenvalue weighted by atomic mass is 10.1. The molecule has 0 saturated heterocycles. The van der Waals surface area contributed by atoms with E-state index in [2.05, 4.69) is 15.0 Å². The maximum Gasteiger partial charge on any atom is 0.251 e. The van der Waals surface area contributed by atoms with E-state index in [1.54, 1.807) is 13.0 Å². The molecule has 1 aromatic carbocycles. The Balaban J connectivity index is 1.76. The Hall–Kier alpha value is -2.25. The first kappa shape index (κ1) is 17.6. The number of hydrogen-bond acceptors (Lipinski definition) is 4. The molecule has 1 fully saturated rings. The summed E-state index contributed by atoms with van der Waals surface area (Å²) in [7, 11) is -3.58. The number of nitrogens with zero attached hydrogens (tertiary/aromatic N) is 1. The molecular formula is C18H21N3O3S. The molecule has 2 aromatic rings. The van der Waals surface area contributed by atoms with Crippen LogP contribution < -0.4 is 10.0 Å². The number of carbonyl (C=O) groups excluding carboxylic acids is 1. The summed E-state index contributed by atoms with van der Waals surface area (Å²) in [5.74, 6) is -0.315. The van der Waals surface area contributed by atoms with Gasteiger partial charge in [0.15, 0.2) is 0 Å². The first-order valence-corrected chi connectivity index (χ1v) is 9.67. The molecule has 0 bridgehead atoms. The van der Waals surface area contributed by atoms with Crippen molar-refractivity contribution in [2.24, 2.45) is 0 Å². The number of benzene rings is 1. The lowest BCUT2D eigenvalue weighted by Gasteiger charge is -2.11. The molecule has 132 valence electrons. The van der Waals surface area contributed by atoms with E-state index >= 15 is 0 Å². The van der Waals surface area contributed by atoms with E-state index in [1.807, 2.05) is 25.1 Å². The molecule has 0 unspecified atom stereocenters. The monoisotopic (exact) mass is 359 g/mol. The van der Waals surface area contributed by atoms with E-state index < -0.39 is 10.0 Å². The van der Waals surface area contributed by atoms with Gasteiger partial charge in [-0.15, -0.1) is 0 Å². The van der Waals surface area contributed by atoms with Crippen molar-refractivity contribution in [3.05, 3.63) is 58.9 Å². The van der Waals surface area contributed by atoms with E-state index in [0.29, 0.717) is 5.56 Å². The molecule has 0 radical (unpaired) electrons. The standard InChI is InChI=1S/C18H21N3O3S/c1-12-6-9-16(25(23,24)21-14-7-8-14)10-17(12)18(22)19-11-15-5-3-4-13(2)20-15/h3-6,9-10,14,21H,7-8,11H2,1-2H3,(H,19,22). The minimum atomic E-state index is -3.58. The molecule has 1 amide bonds. The average Bonchev–Trinajstić information content (AvgIpc) is 3.36. The zero-order valence-corrected chi connectivity index (χ0v) is 15.1. The number of pyridine rings is 1. The molecule has 1 heterocycles. The van der Waals surface area contributed by atoms with Crippen LogP contribution in [0.25, 0.3) is 0 Å². The molecule has 25 heavy (non-hydrogen) atoms. The molecule has 2 N–H and O–H groups in total. The molecule has 0 spiro atoms. The predicted molar refractivity (Wildman–Crippen MR) is 94.7 cm³/mol. The van der Waals surface area contributed by atoms with Gasteiger partial charge in [0.05, 0.1) is 17.1 Å². The fraction of sp³-hybridized carbons (Fsp3) is 0.333. The van der Waals surface area contributed by atoms with Gasteiger partial charge < -0.3 is 5.32 Å². The summed E-state index contributed by atoms with van der Waals surface area (Å²) < 4.78 is 27.3. The number of nitrogens with one attached hydrogen (secondary N) is 2. The van der Waals surface area contributed by atoms with Gasteiger partial charge in [0.25, 0.3) is 5.91 Å². The lowest BCUT2D eigenvalue weighted by Crippen LogP contribution is -2.27. The average molecular weight is 359 g/mol. The Labute approximate surface area is 147 Å². The SMILES string of the molecule is Cc1cccc(CNC(=O)c2cc(S(=O)(=O)NC3CC3)ccc2C)n1. The number of hydrogen-bond donors (Lipinski definition) is 2. The number of aryl methyl sites for hydroxylation is 2. The highest BCUT2D eigenvalue weighted by Gasteiger charge is 2.28. The molecule has 0 atom stereocenters. The Morgan fingerprint density at radius 1 is 1.20 bits per heavy atom. The molecule has 1 aliphatic rings. The van der Waals surface area contributed by atoms with Gasteiger partial charge in [0, 0.05) is 17.3 Å². The molecule has 6 nitrogen and oxygen atoms in total. The minimum Gasteiger partial charge on any atom is -0.346 e. The summed E-state index contributed by atoms with van der Waals surface area (Å²) in [4.78, 5) is 16.9. The third kappa shape index (κ3) is 4.43. The van der Waals surface area contributed by atoms with Crippen LogP contribution >= 0.6 is 0 Å². The summed E-state index contributed by atoms with van der Waals surface area (Å²) in [6.45, 7) is 3.96. The van der Waals surface area contributed by atoms with Gasteiger partial charge in [0.2, 0.25) is 10.0 Å². The van der Waals surface area contributed by atoms with Crippen molar-refractivity contribution < 1.29 is 13.2 Å². The van der Waals surface area contributed by atoms with Gasteiger partial charge in [0.1, 0.15) is 0 Å². The van der Waals surface area contributed by atoms with E-state index in [0.717, 1.165) is 29.8 Å². The van der Waals surface area contributed by atoms with Crippen LogP contribution in [-0.2, 0) is 16.6 Å². The van der Waals surface area contributed by atoms with E-state index in [-0.39, 0.29) is 23.4 Å². The maximum absolute atomic E-state index is 12.5. The van der Waals surface area contributed by atoms with Gasteiger partial charge in [-0.3, -0.25) is 9.78 Å².